The number of unbranched alkanes of at least 4 members (excludes halogenated alkanes) is 2. The van der Waals surface area contributed by atoms with Crippen LogP contribution < -0.4 is 0 Å². The second kappa shape index (κ2) is 9.87. The molecule has 3 nitrogen and oxygen atoms in total. The molecule has 0 aliphatic heterocycles. The summed E-state index contributed by atoms with van der Waals surface area (Å²) in [5, 5.41) is 23.4. The Labute approximate surface area is 151 Å². The normalized spacial score (nSPS) is 11.9. The molecule has 0 bridgehead atoms. The molecule has 0 atom stereocenters. The number of phenolic OH excluding ortho intramolecular Hbond substituents is 1. The van der Waals surface area contributed by atoms with Gasteiger partial charge in [0.1, 0.15) is 11.5 Å². The van der Waals surface area contributed by atoms with Crippen molar-refractivity contribution in [3.05, 3.63) is 65.2 Å². The number of oxime groups is 1. The zero-order chi connectivity index (χ0) is 18.1. The lowest BCUT2D eigenvalue weighted by Crippen LogP contribution is -2.06. The van der Waals surface area contributed by atoms with Crippen molar-refractivity contribution in [2.45, 2.75) is 58.3 Å². The molecule has 0 amide bonds. The molecule has 0 aliphatic carbocycles. The van der Waals surface area contributed by atoms with E-state index in [1.807, 2.05) is 42.5 Å². The standard InChI is InChI=1S/C22H29NO2/c1-3-5-10-17(11-6-4-2)19-14-15-21(24)20(16-19)22(23-25)18-12-8-7-9-13-18/h7-9,12-17,24-25H,3-6,10-11H2,1-2H3. The molecular weight excluding hydrogens is 310 g/mol. The Morgan fingerprint density at radius 3 is 2.16 bits per heavy atom. The average molecular weight is 339 g/mol. The van der Waals surface area contributed by atoms with Gasteiger partial charge in [0, 0.05) is 11.1 Å². The number of phenols is 1. The highest BCUT2D eigenvalue weighted by molar-refractivity contribution is 6.14. The molecule has 0 heterocycles. The number of rotatable bonds is 9. The summed E-state index contributed by atoms with van der Waals surface area (Å²) in [7, 11) is 0. The molecule has 0 saturated heterocycles. The van der Waals surface area contributed by atoms with E-state index in [0.717, 1.165) is 18.4 Å². The van der Waals surface area contributed by atoms with Gasteiger partial charge in [-0.05, 0) is 36.5 Å². The van der Waals surface area contributed by atoms with Crippen LogP contribution in [0.15, 0.2) is 53.7 Å². The van der Waals surface area contributed by atoms with Crippen LogP contribution in [0, 0.1) is 0 Å². The van der Waals surface area contributed by atoms with E-state index >= 15 is 0 Å². The van der Waals surface area contributed by atoms with Crippen LogP contribution in [0.2, 0.25) is 0 Å². The van der Waals surface area contributed by atoms with Crippen molar-refractivity contribution >= 4 is 5.71 Å². The molecular formula is C22H29NO2. The predicted octanol–water partition coefficient (Wildman–Crippen LogP) is 6.08. The lowest BCUT2D eigenvalue weighted by molar-refractivity contribution is 0.319. The molecule has 0 radical (unpaired) electrons. The molecule has 0 aromatic heterocycles. The smallest absolute Gasteiger partial charge is 0.125 e. The van der Waals surface area contributed by atoms with E-state index in [1.165, 1.54) is 31.2 Å². The molecule has 0 aliphatic rings. The Morgan fingerprint density at radius 2 is 1.60 bits per heavy atom. The van der Waals surface area contributed by atoms with Crippen LogP contribution in [0.3, 0.4) is 0 Å². The SMILES string of the molecule is CCCCC(CCCC)c1ccc(O)c(C(=NO)c2ccccc2)c1. The van der Waals surface area contributed by atoms with Crippen molar-refractivity contribution in [3.8, 4) is 5.75 Å². The summed E-state index contributed by atoms with van der Waals surface area (Å²) in [5.41, 5.74) is 3.00. The second-order valence-electron chi connectivity index (χ2n) is 6.57. The first-order chi connectivity index (χ1) is 12.2. The van der Waals surface area contributed by atoms with Crippen LogP contribution in [-0.2, 0) is 0 Å². The first kappa shape index (κ1) is 19.0. The maximum absolute atomic E-state index is 10.3. The first-order valence-electron chi connectivity index (χ1n) is 9.32. The van der Waals surface area contributed by atoms with Crippen molar-refractivity contribution in [2.75, 3.05) is 0 Å². The summed E-state index contributed by atoms with van der Waals surface area (Å²) in [4.78, 5) is 0. The van der Waals surface area contributed by atoms with Crippen LogP contribution in [-0.4, -0.2) is 16.0 Å². The Hall–Kier alpha value is -2.29. The summed E-state index contributed by atoms with van der Waals surface area (Å²) < 4.78 is 0. The van der Waals surface area contributed by atoms with Gasteiger partial charge < -0.3 is 10.3 Å². The van der Waals surface area contributed by atoms with Gasteiger partial charge in [-0.3, -0.25) is 0 Å². The molecule has 0 unspecified atom stereocenters. The van der Waals surface area contributed by atoms with Gasteiger partial charge in [0.25, 0.3) is 0 Å². The summed E-state index contributed by atoms with van der Waals surface area (Å²) in [5.74, 6) is 0.625. The number of hydrogen-bond donors (Lipinski definition) is 2. The molecule has 0 fully saturated rings. The first-order valence-corrected chi connectivity index (χ1v) is 9.32. The van der Waals surface area contributed by atoms with Crippen LogP contribution in [0.1, 0.15) is 75.0 Å². The minimum absolute atomic E-state index is 0.144. The Bertz CT molecular complexity index is 672. The molecule has 2 aromatic rings. The molecule has 0 spiro atoms. The van der Waals surface area contributed by atoms with Gasteiger partial charge >= 0.3 is 0 Å². The predicted molar refractivity (Wildman–Crippen MR) is 104 cm³/mol. The van der Waals surface area contributed by atoms with Crippen LogP contribution in [0.5, 0.6) is 5.75 Å². The quantitative estimate of drug-likeness (QED) is 0.330. The van der Waals surface area contributed by atoms with E-state index in [2.05, 4.69) is 19.0 Å². The van der Waals surface area contributed by atoms with Gasteiger partial charge in [0.05, 0.1) is 0 Å². The lowest BCUT2D eigenvalue weighted by atomic mass is 9.87. The zero-order valence-electron chi connectivity index (χ0n) is 15.3. The lowest BCUT2D eigenvalue weighted by Gasteiger charge is -2.19. The van der Waals surface area contributed by atoms with E-state index in [1.54, 1.807) is 6.07 Å². The van der Waals surface area contributed by atoms with Crippen LogP contribution in [0.4, 0.5) is 0 Å². The van der Waals surface area contributed by atoms with E-state index in [0.29, 0.717) is 17.2 Å². The van der Waals surface area contributed by atoms with Crippen LogP contribution in [0.25, 0.3) is 0 Å². The van der Waals surface area contributed by atoms with Crippen molar-refractivity contribution in [2.24, 2.45) is 5.16 Å². The highest BCUT2D eigenvalue weighted by atomic mass is 16.4. The fourth-order valence-corrected chi connectivity index (χ4v) is 3.24. The highest BCUT2D eigenvalue weighted by Crippen LogP contribution is 2.32. The fourth-order valence-electron chi connectivity index (χ4n) is 3.24. The van der Waals surface area contributed by atoms with Gasteiger partial charge in [-0.25, -0.2) is 0 Å². The van der Waals surface area contributed by atoms with Gasteiger partial charge in [-0.15, -0.1) is 0 Å². The monoisotopic (exact) mass is 339 g/mol. The van der Waals surface area contributed by atoms with E-state index in [-0.39, 0.29) is 5.75 Å². The maximum atomic E-state index is 10.3. The Kier molecular flexibility index (Phi) is 7.52. The van der Waals surface area contributed by atoms with Crippen molar-refractivity contribution in [1.29, 1.82) is 0 Å². The van der Waals surface area contributed by atoms with Crippen molar-refractivity contribution in [1.82, 2.24) is 0 Å². The number of nitrogens with zero attached hydrogens (tertiary/aromatic N) is 1. The van der Waals surface area contributed by atoms with E-state index < -0.39 is 0 Å². The minimum Gasteiger partial charge on any atom is -0.507 e. The van der Waals surface area contributed by atoms with Crippen molar-refractivity contribution in [3.63, 3.8) is 0 Å². The van der Waals surface area contributed by atoms with Crippen molar-refractivity contribution < 1.29 is 10.3 Å². The summed E-state index contributed by atoms with van der Waals surface area (Å²) >= 11 is 0. The molecule has 25 heavy (non-hydrogen) atoms. The third kappa shape index (κ3) is 5.09. The topological polar surface area (TPSA) is 52.8 Å². The third-order valence-corrected chi connectivity index (χ3v) is 4.71. The molecule has 2 aromatic carbocycles. The van der Waals surface area contributed by atoms with E-state index in [4.69, 9.17) is 0 Å². The molecule has 2 rings (SSSR count). The van der Waals surface area contributed by atoms with Gasteiger partial charge in [-0.1, -0.05) is 81.1 Å². The summed E-state index contributed by atoms with van der Waals surface area (Å²) in [6, 6.07) is 15.2. The minimum atomic E-state index is 0.144. The number of benzene rings is 2. The third-order valence-electron chi connectivity index (χ3n) is 4.71. The molecule has 134 valence electrons. The largest absolute Gasteiger partial charge is 0.507 e. The average Bonchev–Trinajstić information content (AvgIpc) is 2.65. The Morgan fingerprint density at radius 1 is 0.960 bits per heavy atom. The van der Waals surface area contributed by atoms with E-state index in [9.17, 15) is 10.3 Å². The molecule has 3 heteroatoms. The zero-order valence-corrected chi connectivity index (χ0v) is 15.3. The maximum Gasteiger partial charge on any atom is 0.125 e. The molecule has 0 saturated carbocycles. The van der Waals surface area contributed by atoms with Gasteiger partial charge in [0.2, 0.25) is 0 Å². The summed E-state index contributed by atoms with van der Waals surface area (Å²) in [6.45, 7) is 4.43. The van der Waals surface area contributed by atoms with Gasteiger partial charge in [-0.2, -0.15) is 0 Å². The van der Waals surface area contributed by atoms with Crippen LogP contribution >= 0.6 is 0 Å². The summed E-state index contributed by atoms with van der Waals surface area (Å²) in [6.07, 6.45) is 7.06. The molecule has 2 N–H and O–H groups in total. The Balaban J connectivity index is 2.37. The highest BCUT2D eigenvalue weighted by Gasteiger charge is 2.17. The number of hydrogen-bond acceptors (Lipinski definition) is 3. The number of aromatic hydroxyl groups is 1. The second-order valence-corrected chi connectivity index (χ2v) is 6.57. The van der Waals surface area contributed by atoms with Gasteiger partial charge in [0.15, 0.2) is 0 Å². The fraction of sp³-hybridized carbons (Fsp3) is 0.409.